The molecule has 0 fully saturated rings. The Bertz CT molecular complexity index is 4870. The standard InChI is InChI=1S/C72H56N10O3/c1-41-32-42(2)67(43(3)33-41)70-60-26-21-53(78-60)36-51-18-23-57(75-51)68(58-24-19-52(76-58)37-54-22-27-61(70)79-54)45-9-6-44(7-10-45)8-11-48-34-63-69(46-12-14-47(15-13-46)71(85)73-30-31-82-65(83)28-29-66(82)84)59-25-20-50(77-59)35-49-16-17-55(74-49)39-64-72(4,5)40-56(80-64)38-62(48)81-63/h6-7,9-10,12-29,32-39,74-75,77,79H,30-31,40H2,1-5H3,(H,73,85). The van der Waals surface area contributed by atoms with Crippen molar-refractivity contribution in [1.29, 1.82) is 0 Å². The van der Waals surface area contributed by atoms with Crippen LogP contribution in [0.15, 0.2) is 152 Å². The highest BCUT2D eigenvalue weighted by molar-refractivity contribution is 6.13. The van der Waals surface area contributed by atoms with Gasteiger partial charge in [0.2, 0.25) is 0 Å². The second-order valence-corrected chi connectivity index (χ2v) is 22.8. The molecule has 0 spiro atoms. The maximum absolute atomic E-state index is 13.4. The summed E-state index contributed by atoms with van der Waals surface area (Å²) in [5.74, 6) is 5.91. The molecule has 11 heterocycles. The van der Waals surface area contributed by atoms with Crippen LogP contribution in [0.1, 0.15) is 92.0 Å². The summed E-state index contributed by atoms with van der Waals surface area (Å²) in [7, 11) is 0. The summed E-state index contributed by atoms with van der Waals surface area (Å²) in [6.45, 7) is 11.1. The van der Waals surface area contributed by atoms with Crippen LogP contribution in [0.2, 0.25) is 0 Å². The van der Waals surface area contributed by atoms with Crippen molar-refractivity contribution >= 4 is 97.8 Å². The van der Waals surface area contributed by atoms with Gasteiger partial charge in [-0.05, 0) is 182 Å². The highest BCUT2D eigenvalue weighted by atomic mass is 16.2. The fraction of sp³-hybridized carbons (Fsp3) is 0.125. The molecule has 5 N–H and O–H groups in total. The Labute approximate surface area is 489 Å². The van der Waals surface area contributed by atoms with E-state index >= 15 is 0 Å². The number of benzene rings is 3. The molecule has 0 unspecified atom stereocenters. The van der Waals surface area contributed by atoms with Crippen molar-refractivity contribution in [1.82, 2.24) is 50.1 Å². The fourth-order valence-electron chi connectivity index (χ4n) is 12.0. The maximum atomic E-state index is 13.4. The summed E-state index contributed by atoms with van der Waals surface area (Å²) in [5, 5.41) is 2.85. The van der Waals surface area contributed by atoms with Gasteiger partial charge in [0.1, 0.15) is 0 Å². The van der Waals surface area contributed by atoms with E-state index in [-0.39, 0.29) is 24.4 Å². The number of aryl methyl sites for hydroxylation is 3. The molecule has 0 atom stereocenters. The summed E-state index contributed by atoms with van der Waals surface area (Å²) in [6.07, 6.45) is 13.5. The predicted octanol–water partition coefficient (Wildman–Crippen LogP) is 14.0. The third kappa shape index (κ3) is 10.2. The quantitative estimate of drug-likeness (QED) is 0.0778. The van der Waals surface area contributed by atoms with Crippen molar-refractivity contribution in [3.8, 4) is 45.2 Å². The lowest BCUT2D eigenvalue weighted by Crippen LogP contribution is -2.38. The summed E-state index contributed by atoms with van der Waals surface area (Å²) in [5.41, 5.74) is 25.2. The van der Waals surface area contributed by atoms with E-state index < -0.39 is 11.8 Å². The molecule has 14 rings (SSSR count). The van der Waals surface area contributed by atoms with Crippen molar-refractivity contribution in [2.45, 2.75) is 46.5 Å². The summed E-state index contributed by atoms with van der Waals surface area (Å²) in [4.78, 5) is 74.2. The molecule has 0 radical (unpaired) electrons. The van der Waals surface area contributed by atoms with E-state index in [9.17, 15) is 14.4 Å². The molecule has 16 bridgehead atoms. The second-order valence-electron chi connectivity index (χ2n) is 22.8. The normalized spacial score (nSPS) is 14.0. The van der Waals surface area contributed by atoms with Crippen LogP contribution in [0, 0.1) is 32.6 Å². The van der Waals surface area contributed by atoms with Gasteiger partial charge in [-0.1, -0.05) is 67.6 Å². The minimum atomic E-state index is -0.392. The first kappa shape index (κ1) is 52.1. The fourth-order valence-corrected chi connectivity index (χ4v) is 12.0. The zero-order valence-electron chi connectivity index (χ0n) is 47.4. The Hall–Kier alpha value is -11.0. The lowest BCUT2D eigenvalue weighted by molar-refractivity contribution is -0.136. The second kappa shape index (κ2) is 20.8. The summed E-state index contributed by atoms with van der Waals surface area (Å²) < 4.78 is 0. The number of allylic oxidation sites excluding steroid dienone is 1. The number of nitrogens with one attached hydrogen (secondary N) is 5. The average molecular weight is 1110 g/mol. The monoisotopic (exact) mass is 1110 g/mol. The summed E-state index contributed by atoms with van der Waals surface area (Å²) >= 11 is 0. The zero-order chi connectivity index (χ0) is 58.1. The molecule has 6 aromatic heterocycles. The minimum Gasteiger partial charge on any atom is -0.355 e. The number of aromatic nitrogens is 8. The number of fused-ring (bicyclic) bond motifs is 16. The number of H-pyrrole nitrogens is 4. The van der Waals surface area contributed by atoms with Crippen LogP contribution in [-0.4, -0.2) is 75.6 Å². The summed E-state index contributed by atoms with van der Waals surface area (Å²) in [6, 6.07) is 47.1. The molecule has 0 aliphatic carbocycles. The Kier molecular flexibility index (Phi) is 12.7. The number of nitrogens with zero attached hydrogens (tertiary/aromatic N) is 5. The zero-order valence-corrected chi connectivity index (χ0v) is 47.4. The Morgan fingerprint density at radius 2 is 1.08 bits per heavy atom. The molecule has 85 heavy (non-hydrogen) atoms. The Morgan fingerprint density at radius 3 is 1.72 bits per heavy atom. The van der Waals surface area contributed by atoms with E-state index in [0.29, 0.717) is 23.4 Å². The van der Waals surface area contributed by atoms with E-state index in [2.05, 4.69) is 187 Å². The molecule has 3 aromatic carbocycles. The van der Waals surface area contributed by atoms with Gasteiger partial charge in [-0.25, -0.2) is 15.0 Å². The minimum absolute atomic E-state index is 0.0739. The first-order valence-corrected chi connectivity index (χ1v) is 28.4. The van der Waals surface area contributed by atoms with Gasteiger partial charge in [0.05, 0.1) is 39.7 Å². The van der Waals surface area contributed by atoms with Gasteiger partial charge in [0.25, 0.3) is 17.7 Å². The molecule has 0 saturated heterocycles. The predicted molar refractivity (Wildman–Crippen MR) is 340 cm³/mol. The first-order chi connectivity index (χ1) is 41.2. The third-order valence-electron chi connectivity index (χ3n) is 16.0. The van der Waals surface area contributed by atoms with Crippen LogP contribution >= 0.6 is 0 Å². The van der Waals surface area contributed by atoms with Gasteiger partial charge in [-0.2, -0.15) is 0 Å². The van der Waals surface area contributed by atoms with Crippen molar-refractivity contribution in [2.24, 2.45) is 0 Å². The molecule has 3 amide bonds. The third-order valence-corrected chi connectivity index (χ3v) is 16.0. The number of imide groups is 1. The molecule has 13 nitrogen and oxygen atoms in total. The van der Waals surface area contributed by atoms with Crippen molar-refractivity contribution in [2.75, 3.05) is 13.1 Å². The highest BCUT2D eigenvalue weighted by Gasteiger charge is 2.29. The van der Waals surface area contributed by atoms with E-state index in [1.54, 1.807) is 12.1 Å². The van der Waals surface area contributed by atoms with E-state index in [1.807, 2.05) is 42.5 Å². The Balaban J connectivity index is 0.847. The number of aromatic amines is 4. The largest absolute Gasteiger partial charge is 0.355 e. The molecule has 13 heteroatoms. The highest BCUT2D eigenvalue weighted by Crippen LogP contribution is 2.38. The first-order valence-electron chi connectivity index (χ1n) is 28.4. The lowest BCUT2D eigenvalue weighted by atomic mass is 9.87. The van der Waals surface area contributed by atoms with Crippen LogP contribution in [0.4, 0.5) is 0 Å². The lowest BCUT2D eigenvalue weighted by Gasteiger charge is -2.15. The van der Waals surface area contributed by atoms with Crippen LogP contribution in [0.5, 0.6) is 0 Å². The van der Waals surface area contributed by atoms with Crippen molar-refractivity contribution in [3.05, 3.63) is 225 Å². The van der Waals surface area contributed by atoms with E-state index in [0.717, 1.165) is 122 Å². The number of rotatable bonds is 7. The number of hydrogen-bond acceptors (Lipinski definition) is 7. The number of amides is 3. The molecule has 5 aliphatic heterocycles. The number of carbonyl (C=O) groups is 3. The van der Waals surface area contributed by atoms with Crippen LogP contribution < -0.4 is 5.32 Å². The van der Waals surface area contributed by atoms with Gasteiger partial charge in [0, 0.05) is 120 Å². The molecular formula is C72H56N10O3. The molecule has 9 aromatic rings. The molecule has 412 valence electrons. The number of hydrogen-bond donors (Lipinski definition) is 5. The SMILES string of the molecule is Cc1cc(C)c(-c2c3nc(cc4ccc([nH]4)c(-c4ccc(C#CC5=Cc6nc5cc5nc(cc7ccc(cc8ccc([nH]8)c6-c6ccc(C(=O)NCCN8C(=O)C=CC8=O)cc6)[nH]7)C(C)(C)C5)cc4)c4nc(cc5ccc2[nH]5)C=C4)C=C3)c(C)c1. The molecule has 5 aliphatic rings. The van der Waals surface area contributed by atoms with Gasteiger partial charge in [-0.3, -0.25) is 24.3 Å². The van der Waals surface area contributed by atoms with Crippen molar-refractivity contribution < 1.29 is 14.4 Å². The molecular weight excluding hydrogens is 1050 g/mol. The Morgan fingerprint density at radius 1 is 0.541 bits per heavy atom. The van der Waals surface area contributed by atoms with Gasteiger partial charge in [0.15, 0.2) is 0 Å². The number of carbonyl (C=O) groups excluding carboxylic acids is 3. The van der Waals surface area contributed by atoms with Crippen LogP contribution in [-0.2, 0) is 21.4 Å². The molecule has 0 saturated carbocycles. The van der Waals surface area contributed by atoms with Gasteiger partial charge >= 0.3 is 0 Å². The van der Waals surface area contributed by atoms with Gasteiger partial charge < -0.3 is 25.3 Å². The van der Waals surface area contributed by atoms with Crippen LogP contribution in [0.3, 0.4) is 0 Å². The van der Waals surface area contributed by atoms with E-state index in [1.165, 1.54) is 34.4 Å². The van der Waals surface area contributed by atoms with Gasteiger partial charge in [-0.15, -0.1) is 0 Å². The average Bonchev–Trinajstić information content (AvgIpc) is 3.44. The van der Waals surface area contributed by atoms with Crippen LogP contribution in [0.25, 0.3) is 113 Å². The smallest absolute Gasteiger partial charge is 0.253 e. The maximum Gasteiger partial charge on any atom is 0.253 e. The topological polar surface area (TPSA) is 181 Å². The van der Waals surface area contributed by atoms with Crippen molar-refractivity contribution in [3.63, 3.8) is 0 Å². The van der Waals surface area contributed by atoms with E-state index in [4.69, 9.17) is 19.9 Å².